The summed E-state index contributed by atoms with van der Waals surface area (Å²) in [6, 6.07) is 3.83. The second kappa shape index (κ2) is 5.89. The molecule has 0 spiro atoms. The van der Waals surface area contributed by atoms with Gasteiger partial charge in [-0.15, -0.1) is 0 Å². The van der Waals surface area contributed by atoms with Crippen LogP contribution < -0.4 is 0 Å². The largest absolute Gasteiger partial charge is 0.244 e. The van der Waals surface area contributed by atoms with E-state index in [2.05, 4.69) is 47.8 Å². The standard InChI is InChI=1S/C14H16Br3NO2S/c1-8-4-13(17)14(7-12(8)16)21(19,20)18-10-2-3-11(18)6-9(15)5-10/h4,7,9-11H,2-3,5-6H2,1H3. The summed E-state index contributed by atoms with van der Waals surface area (Å²) >= 11 is 10.5. The number of halogens is 3. The molecule has 2 saturated heterocycles. The molecule has 0 amide bonds. The summed E-state index contributed by atoms with van der Waals surface area (Å²) in [4.78, 5) is 0.805. The fourth-order valence-corrected chi connectivity index (χ4v) is 7.80. The molecule has 116 valence electrons. The quantitative estimate of drug-likeness (QED) is 0.555. The van der Waals surface area contributed by atoms with Crippen LogP contribution in [0.15, 0.2) is 26.0 Å². The van der Waals surface area contributed by atoms with Gasteiger partial charge in [0.2, 0.25) is 10.0 Å². The number of benzene rings is 1. The minimum Gasteiger partial charge on any atom is -0.207 e. The lowest BCUT2D eigenvalue weighted by Gasteiger charge is -2.36. The maximum atomic E-state index is 13.1. The molecule has 3 rings (SSSR count). The molecule has 2 aliphatic heterocycles. The van der Waals surface area contributed by atoms with Crippen LogP contribution in [0, 0.1) is 6.92 Å². The van der Waals surface area contributed by atoms with Crippen molar-refractivity contribution in [2.45, 2.75) is 54.4 Å². The van der Waals surface area contributed by atoms with Gasteiger partial charge in [0.25, 0.3) is 0 Å². The Balaban J connectivity index is 2.04. The van der Waals surface area contributed by atoms with Gasteiger partial charge in [-0.3, -0.25) is 0 Å². The molecule has 2 bridgehead atoms. The lowest BCUT2D eigenvalue weighted by molar-refractivity contribution is 0.255. The second-order valence-corrected chi connectivity index (χ2v) is 10.6. The molecule has 21 heavy (non-hydrogen) atoms. The number of nitrogens with zero attached hydrogens (tertiary/aromatic N) is 1. The Morgan fingerprint density at radius 2 is 1.67 bits per heavy atom. The monoisotopic (exact) mass is 499 g/mol. The fourth-order valence-electron chi connectivity index (χ4n) is 3.40. The lowest BCUT2D eigenvalue weighted by atomic mass is 10.1. The highest BCUT2D eigenvalue weighted by molar-refractivity contribution is 9.11. The maximum absolute atomic E-state index is 13.1. The number of fused-ring (bicyclic) bond motifs is 2. The number of sulfonamides is 1. The molecule has 2 atom stereocenters. The molecule has 0 aromatic heterocycles. The maximum Gasteiger partial charge on any atom is 0.244 e. The van der Waals surface area contributed by atoms with Crippen LogP contribution in [0.3, 0.4) is 0 Å². The molecule has 3 nitrogen and oxygen atoms in total. The number of hydrogen-bond donors (Lipinski definition) is 0. The highest BCUT2D eigenvalue weighted by Crippen LogP contribution is 2.43. The summed E-state index contributed by atoms with van der Waals surface area (Å²) in [5.74, 6) is 0. The Morgan fingerprint density at radius 3 is 2.24 bits per heavy atom. The number of hydrogen-bond acceptors (Lipinski definition) is 2. The van der Waals surface area contributed by atoms with Crippen molar-refractivity contribution in [2.75, 3.05) is 0 Å². The molecule has 0 radical (unpaired) electrons. The van der Waals surface area contributed by atoms with E-state index in [1.807, 2.05) is 13.0 Å². The van der Waals surface area contributed by atoms with Gasteiger partial charge in [0.1, 0.15) is 0 Å². The lowest BCUT2D eigenvalue weighted by Crippen LogP contribution is -2.46. The molecule has 2 aliphatic rings. The van der Waals surface area contributed by atoms with E-state index in [4.69, 9.17) is 0 Å². The highest BCUT2D eigenvalue weighted by Gasteiger charge is 2.47. The first-order chi connectivity index (χ1) is 9.80. The smallest absolute Gasteiger partial charge is 0.207 e. The Morgan fingerprint density at radius 1 is 1.10 bits per heavy atom. The van der Waals surface area contributed by atoms with Gasteiger partial charge in [-0.25, -0.2) is 8.42 Å². The number of piperidine rings is 1. The van der Waals surface area contributed by atoms with Gasteiger partial charge >= 0.3 is 0 Å². The Labute approximate surface area is 150 Å². The van der Waals surface area contributed by atoms with Crippen LogP contribution in [0.2, 0.25) is 0 Å². The van der Waals surface area contributed by atoms with E-state index in [1.165, 1.54) is 0 Å². The van der Waals surface area contributed by atoms with Gasteiger partial charge in [-0.05, 0) is 66.2 Å². The van der Waals surface area contributed by atoms with Crippen molar-refractivity contribution in [3.63, 3.8) is 0 Å². The van der Waals surface area contributed by atoms with Crippen LogP contribution in [0.1, 0.15) is 31.2 Å². The van der Waals surface area contributed by atoms with Crippen LogP contribution >= 0.6 is 47.8 Å². The minimum atomic E-state index is -3.46. The third kappa shape index (κ3) is 2.89. The van der Waals surface area contributed by atoms with E-state index in [1.54, 1.807) is 10.4 Å². The average Bonchev–Trinajstić information content (AvgIpc) is 2.67. The topological polar surface area (TPSA) is 37.4 Å². The van der Waals surface area contributed by atoms with E-state index in [0.717, 1.165) is 35.7 Å². The van der Waals surface area contributed by atoms with Gasteiger partial charge in [-0.1, -0.05) is 31.9 Å². The van der Waals surface area contributed by atoms with E-state index in [9.17, 15) is 8.42 Å². The molecule has 1 aromatic carbocycles. The van der Waals surface area contributed by atoms with E-state index in [0.29, 0.717) is 14.2 Å². The summed E-state index contributed by atoms with van der Waals surface area (Å²) < 4.78 is 29.4. The molecule has 7 heteroatoms. The van der Waals surface area contributed by atoms with E-state index in [-0.39, 0.29) is 12.1 Å². The van der Waals surface area contributed by atoms with Crippen LogP contribution in [-0.2, 0) is 10.0 Å². The average molecular weight is 502 g/mol. The zero-order valence-electron chi connectivity index (χ0n) is 11.5. The zero-order chi connectivity index (χ0) is 15.4. The van der Waals surface area contributed by atoms with Crippen molar-refractivity contribution in [1.82, 2.24) is 4.31 Å². The van der Waals surface area contributed by atoms with Crippen LogP contribution in [0.4, 0.5) is 0 Å². The first kappa shape index (κ1) is 16.4. The van der Waals surface area contributed by atoms with Gasteiger partial charge in [-0.2, -0.15) is 4.31 Å². The molecular weight excluding hydrogens is 486 g/mol. The number of rotatable bonds is 2. The van der Waals surface area contributed by atoms with Gasteiger partial charge < -0.3 is 0 Å². The predicted molar refractivity (Wildman–Crippen MR) is 94.4 cm³/mol. The molecule has 2 heterocycles. The van der Waals surface area contributed by atoms with Crippen LogP contribution in [0.25, 0.3) is 0 Å². The van der Waals surface area contributed by atoms with Crippen LogP contribution in [-0.4, -0.2) is 29.6 Å². The van der Waals surface area contributed by atoms with Crippen molar-refractivity contribution in [3.05, 3.63) is 26.6 Å². The summed E-state index contributed by atoms with van der Waals surface area (Å²) in [5, 5.41) is 0. The molecule has 0 aliphatic carbocycles. The Bertz CT molecular complexity index is 663. The first-order valence-corrected chi connectivity index (χ1v) is 10.9. The van der Waals surface area contributed by atoms with E-state index >= 15 is 0 Å². The third-order valence-electron chi connectivity index (χ3n) is 4.38. The van der Waals surface area contributed by atoms with Gasteiger partial charge in [0, 0.05) is 25.9 Å². The minimum absolute atomic E-state index is 0.130. The molecule has 1 aromatic rings. The molecule has 0 N–H and O–H groups in total. The fraction of sp³-hybridized carbons (Fsp3) is 0.571. The van der Waals surface area contributed by atoms with Crippen molar-refractivity contribution in [3.8, 4) is 0 Å². The number of alkyl halides is 1. The summed E-state index contributed by atoms with van der Waals surface area (Å²) in [6.07, 6.45) is 3.74. The summed E-state index contributed by atoms with van der Waals surface area (Å²) in [5.41, 5.74) is 1.02. The Hall–Kier alpha value is 0.570. The molecule has 2 unspecified atom stereocenters. The van der Waals surface area contributed by atoms with Crippen LogP contribution in [0.5, 0.6) is 0 Å². The van der Waals surface area contributed by atoms with Gasteiger partial charge in [0.15, 0.2) is 0 Å². The summed E-state index contributed by atoms with van der Waals surface area (Å²) in [6.45, 7) is 1.95. The first-order valence-electron chi connectivity index (χ1n) is 6.94. The highest BCUT2D eigenvalue weighted by atomic mass is 79.9. The Kier molecular flexibility index (Phi) is 4.61. The SMILES string of the molecule is Cc1cc(Br)c(S(=O)(=O)N2C3CCC2CC(Br)C3)cc1Br. The van der Waals surface area contributed by atoms with Crippen molar-refractivity contribution in [2.24, 2.45) is 0 Å². The zero-order valence-corrected chi connectivity index (χ0v) is 17.1. The van der Waals surface area contributed by atoms with Crippen molar-refractivity contribution in [1.29, 1.82) is 0 Å². The van der Waals surface area contributed by atoms with E-state index < -0.39 is 10.0 Å². The third-order valence-corrected chi connectivity index (χ3v) is 8.94. The van der Waals surface area contributed by atoms with Crippen molar-refractivity contribution >= 4 is 57.8 Å². The summed E-state index contributed by atoms with van der Waals surface area (Å²) in [7, 11) is -3.46. The number of aryl methyl sites for hydroxylation is 1. The van der Waals surface area contributed by atoms with Gasteiger partial charge in [0.05, 0.1) is 4.90 Å². The normalized spacial score (nSPS) is 29.8. The second-order valence-electron chi connectivity index (χ2n) is 5.82. The molecule has 0 saturated carbocycles. The predicted octanol–water partition coefficient (Wildman–Crippen LogP) is 4.60. The van der Waals surface area contributed by atoms with Crippen molar-refractivity contribution < 1.29 is 8.42 Å². The molecular formula is C14H16Br3NO2S. The molecule has 2 fully saturated rings.